The highest BCUT2D eigenvalue weighted by Crippen LogP contribution is 2.25. The Morgan fingerprint density at radius 3 is 2.48 bits per heavy atom. The number of carbonyl (C=O) groups is 1. The van der Waals surface area contributed by atoms with E-state index >= 15 is 0 Å². The van der Waals surface area contributed by atoms with Gasteiger partial charge in [0.15, 0.2) is 0 Å². The molecule has 0 aliphatic heterocycles. The lowest BCUT2D eigenvalue weighted by Gasteiger charge is -2.22. The molecule has 6 nitrogen and oxygen atoms in total. The third kappa shape index (κ3) is 4.86. The summed E-state index contributed by atoms with van der Waals surface area (Å²) in [6.07, 6.45) is 5.71. The van der Waals surface area contributed by atoms with Crippen molar-refractivity contribution in [3.05, 3.63) is 53.2 Å². The molecule has 2 N–H and O–H groups in total. The monoisotopic (exact) mass is 387 g/mol. The van der Waals surface area contributed by atoms with E-state index in [0.717, 1.165) is 30.4 Å². The minimum Gasteiger partial charge on any atom is -0.322 e. The number of rotatable bonds is 5. The molecule has 27 heavy (non-hydrogen) atoms. The van der Waals surface area contributed by atoms with Gasteiger partial charge in [0, 0.05) is 17.4 Å². The lowest BCUT2D eigenvalue weighted by Crippen LogP contribution is -2.30. The summed E-state index contributed by atoms with van der Waals surface area (Å²) >= 11 is 0. The van der Waals surface area contributed by atoms with Crippen LogP contribution in [0.15, 0.2) is 36.5 Å². The second-order valence-electron chi connectivity index (χ2n) is 7.09. The van der Waals surface area contributed by atoms with Gasteiger partial charge in [-0.1, -0.05) is 25.3 Å². The first-order valence-electron chi connectivity index (χ1n) is 9.21. The largest absolute Gasteiger partial charge is 0.322 e. The molecule has 1 aliphatic rings. The van der Waals surface area contributed by atoms with Gasteiger partial charge in [0.25, 0.3) is 5.91 Å². The zero-order valence-electron chi connectivity index (χ0n) is 15.7. The molecule has 2 aromatic rings. The minimum atomic E-state index is -3.49. The van der Waals surface area contributed by atoms with Crippen molar-refractivity contribution < 1.29 is 13.2 Å². The van der Waals surface area contributed by atoms with Crippen LogP contribution < -0.4 is 10.0 Å². The quantitative estimate of drug-likeness (QED) is 0.811. The Morgan fingerprint density at radius 2 is 1.78 bits per heavy atom. The third-order valence-corrected chi connectivity index (χ3v) is 6.87. The molecule has 7 heteroatoms. The molecular formula is C20H25N3O3S. The van der Waals surface area contributed by atoms with Crippen molar-refractivity contribution in [1.29, 1.82) is 0 Å². The van der Waals surface area contributed by atoms with Crippen molar-refractivity contribution in [1.82, 2.24) is 4.98 Å². The average Bonchev–Trinajstić information content (AvgIpc) is 2.65. The fourth-order valence-corrected chi connectivity index (χ4v) is 4.78. The van der Waals surface area contributed by atoms with Gasteiger partial charge in [0.1, 0.15) is 5.82 Å². The zero-order valence-corrected chi connectivity index (χ0v) is 16.5. The molecule has 0 spiro atoms. The smallest absolute Gasteiger partial charge is 0.255 e. The van der Waals surface area contributed by atoms with Crippen molar-refractivity contribution in [2.45, 2.75) is 51.2 Å². The number of hydrogen-bond acceptors (Lipinski definition) is 4. The van der Waals surface area contributed by atoms with Crippen LogP contribution >= 0.6 is 0 Å². The number of carbonyl (C=O) groups excluding carboxylic acids is 1. The molecule has 1 amide bonds. The summed E-state index contributed by atoms with van der Waals surface area (Å²) in [6, 6.07) is 8.72. The number of aromatic nitrogens is 1. The minimum absolute atomic E-state index is 0.174. The lowest BCUT2D eigenvalue weighted by atomic mass is 10.0. The van der Waals surface area contributed by atoms with Crippen molar-refractivity contribution in [3.63, 3.8) is 0 Å². The van der Waals surface area contributed by atoms with E-state index < -0.39 is 10.0 Å². The van der Waals surface area contributed by atoms with Crippen molar-refractivity contribution >= 4 is 27.4 Å². The molecule has 3 rings (SSSR count). The average molecular weight is 388 g/mol. The van der Waals surface area contributed by atoms with Crippen molar-refractivity contribution in [3.8, 4) is 0 Å². The molecule has 0 unspecified atom stereocenters. The van der Waals surface area contributed by atoms with Crippen LogP contribution in [0.4, 0.5) is 11.5 Å². The number of hydrogen-bond donors (Lipinski definition) is 2. The SMILES string of the molecule is Cc1ccc(NC(=O)c2ccnc(NS(=O)(=O)C3CCCCC3)c2)cc1C. The molecule has 0 atom stereocenters. The summed E-state index contributed by atoms with van der Waals surface area (Å²) in [5.41, 5.74) is 3.29. The molecule has 1 heterocycles. The van der Waals surface area contributed by atoms with E-state index in [2.05, 4.69) is 15.0 Å². The first-order chi connectivity index (χ1) is 12.8. The number of anilines is 2. The predicted octanol–water partition coefficient (Wildman–Crippen LogP) is 4.03. The third-order valence-electron chi connectivity index (χ3n) is 5.02. The predicted molar refractivity (Wildman–Crippen MR) is 108 cm³/mol. The van der Waals surface area contributed by atoms with Gasteiger partial charge in [0.05, 0.1) is 5.25 Å². The fourth-order valence-electron chi connectivity index (χ4n) is 3.25. The molecule has 1 saturated carbocycles. The fraction of sp³-hybridized carbons (Fsp3) is 0.400. The number of aryl methyl sites for hydroxylation is 2. The van der Waals surface area contributed by atoms with Crippen molar-refractivity contribution in [2.24, 2.45) is 0 Å². The van der Waals surface area contributed by atoms with Crippen LogP contribution in [-0.4, -0.2) is 24.6 Å². The Balaban J connectivity index is 1.72. The van der Waals surface area contributed by atoms with E-state index in [1.54, 1.807) is 6.07 Å². The van der Waals surface area contributed by atoms with Gasteiger partial charge in [0.2, 0.25) is 10.0 Å². The van der Waals surface area contributed by atoms with Crippen LogP contribution in [0.5, 0.6) is 0 Å². The molecule has 144 valence electrons. The van der Waals surface area contributed by atoms with Gasteiger partial charge >= 0.3 is 0 Å². The van der Waals surface area contributed by atoms with Crippen molar-refractivity contribution in [2.75, 3.05) is 10.0 Å². The standard InChI is InChI=1S/C20H25N3O3S/c1-14-8-9-17(12-15(14)2)22-20(24)16-10-11-21-19(13-16)23-27(25,26)18-6-4-3-5-7-18/h8-13,18H,3-7H2,1-2H3,(H,21,23)(H,22,24). The molecule has 1 aromatic heterocycles. The van der Waals surface area contributed by atoms with Gasteiger partial charge in [-0.3, -0.25) is 9.52 Å². The molecule has 1 fully saturated rings. The van der Waals surface area contributed by atoms with Gasteiger partial charge in [-0.25, -0.2) is 13.4 Å². The van der Waals surface area contributed by atoms with Gasteiger partial charge in [-0.05, 0) is 62.1 Å². The van der Waals surface area contributed by atoms with Crippen LogP contribution in [0.1, 0.15) is 53.6 Å². The van der Waals surface area contributed by atoms with E-state index in [1.165, 1.54) is 12.3 Å². The first-order valence-corrected chi connectivity index (χ1v) is 10.8. The maximum Gasteiger partial charge on any atom is 0.255 e. The van der Waals surface area contributed by atoms with Crippen LogP contribution in [0.2, 0.25) is 0 Å². The number of nitrogens with zero attached hydrogens (tertiary/aromatic N) is 1. The van der Waals surface area contributed by atoms with Gasteiger partial charge in [-0.2, -0.15) is 0 Å². The second kappa shape index (κ2) is 8.08. The summed E-state index contributed by atoms with van der Waals surface area (Å²) in [5, 5.41) is 2.45. The van der Waals surface area contributed by atoms with E-state index in [1.807, 2.05) is 32.0 Å². The maximum atomic E-state index is 12.5. The zero-order chi connectivity index (χ0) is 19.4. The molecule has 0 radical (unpaired) electrons. The molecule has 1 aliphatic carbocycles. The lowest BCUT2D eigenvalue weighted by molar-refractivity contribution is 0.102. The van der Waals surface area contributed by atoms with E-state index in [9.17, 15) is 13.2 Å². The summed E-state index contributed by atoms with van der Waals surface area (Å²) < 4.78 is 27.6. The Morgan fingerprint density at radius 1 is 1.04 bits per heavy atom. The summed E-state index contributed by atoms with van der Waals surface area (Å²) in [7, 11) is -3.49. The molecule has 0 saturated heterocycles. The summed E-state index contributed by atoms with van der Waals surface area (Å²) in [5.74, 6) is -0.132. The number of pyridine rings is 1. The Bertz CT molecular complexity index is 935. The van der Waals surface area contributed by atoms with Gasteiger partial charge < -0.3 is 5.32 Å². The maximum absolute atomic E-state index is 12.5. The van der Waals surface area contributed by atoms with Crippen LogP contribution in [-0.2, 0) is 10.0 Å². The van der Waals surface area contributed by atoms with Crippen LogP contribution in [0.3, 0.4) is 0 Å². The number of sulfonamides is 1. The first kappa shape index (κ1) is 19.4. The van der Waals surface area contributed by atoms with Crippen LogP contribution in [0.25, 0.3) is 0 Å². The summed E-state index contributed by atoms with van der Waals surface area (Å²) in [4.78, 5) is 16.6. The highest BCUT2D eigenvalue weighted by Gasteiger charge is 2.27. The normalized spacial score (nSPS) is 15.3. The van der Waals surface area contributed by atoms with E-state index in [-0.39, 0.29) is 17.0 Å². The number of benzene rings is 1. The van der Waals surface area contributed by atoms with Crippen LogP contribution in [0, 0.1) is 13.8 Å². The number of nitrogens with one attached hydrogen (secondary N) is 2. The molecule has 0 bridgehead atoms. The topological polar surface area (TPSA) is 88.2 Å². The second-order valence-corrected chi connectivity index (χ2v) is 9.05. The van der Waals surface area contributed by atoms with Gasteiger partial charge in [-0.15, -0.1) is 0 Å². The molecular weight excluding hydrogens is 362 g/mol. The Kier molecular flexibility index (Phi) is 5.79. The highest BCUT2D eigenvalue weighted by molar-refractivity contribution is 7.93. The van der Waals surface area contributed by atoms with E-state index in [4.69, 9.17) is 0 Å². The highest BCUT2D eigenvalue weighted by atomic mass is 32.2. The molecule has 1 aromatic carbocycles. The number of amides is 1. The summed E-state index contributed by atoms with van der Waals surface area (Å²) in [6.45, 7) is 3.99. The van der Waals surface area contributed by atoms with E-state index in [0.29, 0.717) is 24.1 Å². The Hall–Kier alpha value is -2.41. The Labute approximate surface area is 160 Å².